The highest BCUT2D eigenvalue weighted by molar-refractivity contribution is 5.36. The number of aryl methyl sites for hydroxylation is 1. The Hall–Kier alpha value is -1.90. The van der Waals surface area contributed by atoms with Gasteiger partial charge < -0.3 is 5.32 Å². The maximum atomic E-state index is 4.37. The molecule has 1 N–H and O–H groups in total. The van der Waals surface area contributed by atoms with Crippen LogP contribution in [-0.4, -0.2) is 9.97 Å². The van der Waals surface area contributed by atoms with Crippen molar-refractivity contribution in [2.24, 2.45) is 0 Å². The van der Waals surface area contributed by atoms with Crippen molar-refractivity contribution in [3.63, 3.8) is 0 Å². The third-order valence-corrected chi connectivity index (χ3v) is 2.42. The fraction of sp³-hybridized carbons (Fsp3) is 0.231. The van der Waals surface area contributed by atoms with Gasteiger partial charge in [-0.15, -0.1) is 0 Å². The van der Waals surface area contributed by atoms with Gasteiger partial charge in [0, 0.05) is 12.2 Å². The van der Waals surface area contributed by atoms with Crippen molar-refractivity contribution in [1.29, 1.82) is 0 Å². The molecule has 0 spiro atoms. The summed E-state index contributed by atoms with van der Waals surface area (Å²) in [5.41, 5.74) is 2.16. The summed E-state index contributed by atoms with van der Waals surface area (Å²) in [6.45, 7) is 4.05. The molecule has 1 atom stereocenters. The molecule has 3 nitrogen and oxygen atoms in total. The molecule has 0 saturated carbocycles. The number of nitrogens with one attached hydrogen (secondary N) is 1. The van der Waals surface area contributed by atoms with E-state index in [1.807, 2.05) is 25.1 Å². The highest BCUT2D eigenvalue weighted by Gasteiger charge is 2.05. The molecule has 1 aromatic heterocycles. The first-order valence-electron chi connectivity index (χ1n) is 5.36. The lowest BCUT2D eigenvalue weighted by Gasteiger charge is -2.14. The van der Waals surface area contributed by atoms with E-state index in [0.717, 1.165) is 11.5 Å². The van der Waals surface area contributed by atoms with Crippen LogP contribution in [0.4, 0.5) is 5.82 Å². The van der Waals surface area contributed by atoms with Gasteiger partial charge in [-0.1, -0.05) is 30.3 Å². The van der Waals surface area contributed by atoms with Crippen LogP contribution in [-0.2, 0) is 0 Å². The highest BCUT2D eigenvalue weighted by Crippen LogP contribution is 2.16. The third kappa shape index (κ3) is 2.57. The molecule has 0 radical (unpaired) electrons. The van der Waals surface area contributed by atoms with Crippen LogP contribution in [0.3, 0.4) is 0 Å². The van der Waals surface area contributed by atoms with Crippen LogP contribution in [0.5, 0.6) is 0 Å². The summed E-state index contributed by atoms with van der Waals surface area (Å²) in [6.07, 6.45) is 3.49. The molecule has 0 unspecified atom stereocenters. The Balaban J connectivity index is 2.11. The Labute approximate surface area is 95.6 Å². The molecule has 2 rings (SSSR count). The van der Waals surface area contributed by atoms with E-state index in [4.69, 9.17) is 0 Å². The van der Waals surface area contributed by atoms with Crippen molar-refractivity contribution in [1.82, 2.24) is 9.97 Å². The fourth-order valence-electron chi connectivity index (χ4n) is 1.58. The summed E-state index contributed by atoms with van der Waals surface area (Å²) < 4.78 is 0. The lowest BCUT2D eigenvalue weighted by molar-refractivity contribution is 0.868. The van der Waals surface area contributed by atoms with Gasteiger partial charge in [0.25, 0.3) is 0 Å². The van der Waals surface area contributed by atoms with Gasteiger partial charge in [0.15, 0.2) is 0 Å². The molecule has 16 heavy (non-hydrogen) atoms. The molecule has 0 bridgehead atoms. The number of rotatable bonds is 3. The predicted molar refractivity (Wildman–Crippen MR) is 65.2 cm³/mol. The second-order valence-electron chi connectivity index (χ2n) is 3.82. The Morgan fingerprint density at radius 2 is 1.88 bits per heavy atom. The summed E-state index contributed by atoms with van der Waals surface area (Å²) >= 11 is 0. The van der Waals surface area contributed by atoms with Crippen molar-refractivity contribution < 1.29 is 0 Å². The minimum absolute atomic E-state index is 0.234. The largest absolute Gasteiger partial charge is 0.362 e. The van der Waals surface area contributed by atoms with Crippen LogP contribution in [0.2, 0.25) is 0 Å². The molecule has 82 valence electrons. The molecule has 0 aliphatic carbocycles. The van der Waals surface area contributed by atoms with Crippen LogP contribution < -0.4 is 5.32 Å². The Morgan fingerprint density at radius 1 is 1.12 bits per heavy atom. The number of hydrogen-bond donors (Lipinski definition) is 1. The Bertz CT molecular complexity index is 454. The quantitative estimate of drug-likeness (QED) is 0.851. The zero-order chi connectivity index (χ0) is 11.4. The zero-order valence-corrected chi connectivity index (χ0v) is 9.51. The monoisotopic (exact) mass is 213 g/mol. The van der Waals surface area contributed by atoms with Crippen LogP contribution in [0, 0.1) is 6.92 Å². The number of hydrogen-bond acceptors (Lipinski definition) is 3. The lowest BCUT2D eigenvalue weighted by Crippen LogP contribution is -2.08. The second-order valence-corrected chi connectivity index (χ2v) is 3.82. The van der Waals surface area contributed by atoms with E-state index < -0.39 is 0 Å². The van der Waals surface area contributed by atoms with E-state index in [1.54, 1.807) is 12.4 Å². The molecule has 0 amide bonds. The summed E-state index contributed by atoms with van der Waals surface area (Å²) in [6, 6.07) is 10.5. The van der Waals surface area contributed by atoms with Gasteiger partial charge in [-0.25, -0.2) is 4.98 Å². The molecule has 0 saturated heterocycles. The van der Waals surface area contributed by atoms with E-state index >= 15 is 0 Å². The smallest absolute Gasteiger partial charge is 0.145 e. The molecule has 3 heteroatoms. The summed E-state index contributed by atoms with van der Waals surface area (Å²) in [5, 5.41) is 3.33. The topological polar surface area (TPSA) is 37.8 Å². The van der Waals surface area contributed by atoms with Gasteiger partial charge >= 0.3 is 0 Å². The standard InChI is InChI=1S/C13H15N3/c1-10-8-14-9-13(15-10)16-11(2)12-6-4-3-5-7-12/h3-9,11H,1-2H3,(H,15,16)/t11-/m0/s1. The maximum absolute atomic E-state index is 4.37. The third-order valence-electron chi connectivity index (χ3n) is 2.42. The average Bonchev–Trinajstić information content (AvgIpc) is 2.30. The molecule has 0 fully saturated rings. The molecular weight excluding hydrogens is 198 g/mol. The first kappa shape index (κ1) is 10.6. The van der Waals surface area contributed by atoms with Crippen LogP contribution in [0.1, 0.15) is 24.2 Å². The molecule has 0 aliphatic rings. The van der Waals surface area contributed by atoms with E-state index in [-0.39, 0.29) is 6.04 Å². The van der Waals surface area contributed by atoms with Crippen molar-refractivity contribution in [3.05, 3.63) is 54.0 Å². The van der Waals surface area contributed by atoms with Crippen molar-refractivity contribution in [2.45, 2.75) is 19.9 Å². The molecule has 1 aromatic carbocycles. The maximum Gasteiger partial charge on any atom is 0.145 e. The number of anilines is 1. The van der Waals surface area contributed by atoms with Gasteiger partial charge in [-0.05, 0) is 19.4 Å². The minimum atomic E-state index is 0.234. The molecular formula is C13H15N3. The SMILES string of the molecule is Cc1cncc(N[C@@H](C)c2ccccc2)n1. The van der Waals surface area contributed by atoms with E-state index in [1.165, 1.54) is 5.56 Å². The van der Waals surface area contributed by atoms with Gasteiger partial charge in [-0.2, -0.15) is 0 Å². The summed E-state index contributed by atoms with van der Waals surface area (Å²) in [7, 11) is 0. The Kier molecular flexibility index (Phi) is 3.15. The van der Waals surface area contributed by atoms with Gasteiger partial charge in [-0.3, -0.25) is 4.98 Å². The van der Waals surface area contributed by atoms with Crippen molar-refractivity contribution in [3.8, 4) is 0 Å². The summed E-state index contributed by atoms with van der Waals surface area (Å²) in [5.74, 6) is 0.816. The Morgan fingerprint density at radius 3 is 2.56 bits per heavy atom. The number of aromatic nitrogens is 2. The lowest BCUT2D eigenvalue weighted by atomic mass is 10.1. The fourth-order valence-corrected chi connectivity index (χ4v) is 1.58. The van der Waals surface area contributed by atoms with Gasteiger partial charge in [0.05, 0.1) is 11.9 Å². The predicted octanol–water partition coefficient (Wildman–Crippen LogP) is 2.96. The normalized spacial score (nSPS) is 12.1. The van der Waals surface area contributed by atoms with Gasteiger partial charge in [0.1, 0.15) is 5.82 Å². The first-order chi connectivity index (χ1) is 7.75. The van der Waals surface area contributed by atoms with Crippen molar-refractivity contribution >= 4 is 5.82 Å². The van der Waals surface area contributed by atoms with E-state index in [9.17, 15) is 0 Å². The van der Waals surface area contributed by atoms with Crippen LogP contribution >= 0.6 is 0 Å². The summed E-state index contributed by atoms with van der Waals surface area (Å²) in [4.78, 5) is 8.47. The second kappa shape index (κ2) is 4.75. The van der Waals surface area contributed by atoms with Crippen LogP contribution in [0.25, 0.3) is 0 Å². The van der Waals surface area contributed by atoms with E-state index in [0.29, 0.717) is 0 Å². The average molecular weight is 213 g/mol. The van der Waals surface area contributed by atoms with Gasteiger partial charge in [0.2, 0.25) is 0 Å². The zero-order valence-electron chi connectivity index (χ0n) is 9.51. The van der Waals surface area contributed by atoms with Crippen molar-refractivity contribution in [2.75, 3.05) is 5.32 Å². The molecule has 1 heterocycles. The molecule has 0 aliphatic heterocycles. The highest BCUT2D eigenvalue weighted by atomic mass is 15.0. The van der Waals surface area contributed by atoms with E-state index in [2.05, 4.69) is 34.3 Å². The van der Waals surface area contributed by atoms with Crippen LogP contribution in [0.15, 0.2) is 42.7 Å². The first-order valence-corrected chi connectivity index (χ1v) is 5.36. The number of nitrogens with zero attached hydrogens (tertiary/aromatic N) is 2. The number of benzene rings is 1. The minimum Gasteiger partial charge on any atom is -0.362 e. The molecule has 2 aromatic rings.